The SMILES string of the molecule is CCOC(=O)c1cc(-c2cnc(N3CCOCC3)nc2)c(C(=N)C(C)C)c(Nc2cccc(N(C)C)c2)n1. The van der Waals surface area contributed by atoms with E-state index in [2.05, 4.69) is 25.2 Å². The summed E-state index contributed by atoms with van der Waals surface area (Å²) in [6.07, 6.45) is 3.46. The molecule has 1 fully saturated rings. The lowest BCUT2D eigenvalue weighted by atomic mass is 9.92. The van der Waals surface area contributed by atoms with E-state index in [1.807, 2.05) is 57.1 Å². The van der Waals surface area contributed by atoms with Crippen LogP contribution in [0, 0.1) is 11.3 Å². The Morgan fingerprint density at radius 2 is 1.89 bits per heavy atom. The minimum atomic E-state index is -0.535. The van der Waals surface area contributed by atoms with E-state index in [4.69, 9.17) is 14.9 Å². The summed E-state index contributed by atoms with van der Waals surface area (Å²) in [6, 6.07) is 9.53. The van der Waals surface area contributed by atoms with Crippen LogP contribution in [-0.2, 0) is 9.47 Å². The van der Waals surface area contributed by atoms with Crippen molar-refractivity contribution in [3.05, 3.63) is 54.0 Å². The van der Waals surface area contributed by atoms with Crippen molar-refractivity contribution >= 4 is 34.8 Å². The monoisotopic (exact) mass is 517 g/mol. The first-order chi connectivity index (χ1) is 18.3. The molecule has 3 aromatic rings. The summed E-state index contributed by atoms with van der Waals surface area (Å²) >= 11 is 0. The Morgan fingerprint density at radius 1 is 1.18 bits per heavy atom. The lowest BCUT2D eigenvalue weighted by Crippen LogP contribution is -2.37. The molecule has 10 heteroatoms. The Hall–Kier alpha value is -4.05. The van der Waals surface area contributed by atoms with Gasteiger partial charge in [-0.25, -0.2) is 19.7 Å². The van der Waals surface area contributed by atoms with E-state index < -0.39 is 5.97 Å². The molecule has 0 aliphatic carbocycles. The molecule has 10 nitrogen and oxygen atoms in total. The number of esters is 1. The van der Waals surface area contributed by atoms with Gasteiger partial charge in [-0.05, 0) is 42.7 Å². The third-order valence-corrected chi connectivity index (χ3v) is 6.22. The molecule has 4 rings (SSSR count). The van der Waals surface area contributed by atoms with Crippen LogP contribution in [0.2, 0.25) is 0 Å². The van der Waals surface area contributed by atoms with Crippen LogP contribution in [0.25, 0.3) is 11.1 Å². The number of hydrogen-bond acceptors (Lipinski definition) is 10. The molecule has 38 heavy (non-hydrogen) atoms. The van der Waals surface area contributed by atoms with Crippen molar-refractivity contribution < 1.29 is 14.3 Å². The van der Waals surface area contributed by atoms with E-state index in [1.54, 1.807) is 25.4 Å². The van der Waals surface area contributed by atoms with Crippen LogP contribution >= 0.6 is 0 Å². The second-order valence-corrected chi connectivity index (χ2v) is 9.51. The normalized spacial score (nSPS) is 13.4. The second-order valence-electron chi connectivity index (χ2n) is 9.51. The number of rotatable bonds is 9. The third kappa shape index (κ3) is 6.08. The predicted molar refractivity (Wildman–Crippen MR) is 150 cm³/mol. The van der Waals surface area contributed by atoms with Gasteiger partial charge in [-0.1, -0.05) is 19.9 Å². The minimum absolute atomic E-state index is 0.0915. The molecular formula is C28H35N7O3. The number of carbonyl (C=O) groups excluding carboxylic acids is 1. The fourth-order valence-electron chi connectivity index (χ4n) is 4.12. The molecule has 1 aromatic carbocycles. The molecule has 0 atom stereocenters. The lowest BCUT2D eigenvalue weighted by Gasteiger charge is -2.26. The Kier molecular flexibility index (Phi) is 8.52. The van der Waals surface area contributed by atoms with Crippen molar-refractivity contribution in [1.82, 2.24) is 15.0 Å². The van der Waals surface area contributed by atoms with Gasteiger partial charge < -0.3 is 30.0 Å². The van der Waals surface area contributed by atoms with Crippen molar-refractivity contribution in [2.75, 3.05) is 62.1 Å². The number of benzene rings is 1. The second kappa shape index (κ2) is 12.0. The van der Waals surface area contributed by atoms with Crippen molar-refractivity contribution in [2.45, 2.75) is 20.8 Å². The van der Waals surface area contributed by atoms with Crippen LogP contribution in [0.1, 0.15) is 36.8 Å². The Balaban J connectivity index is 1.85. The molecular weight excluding hydrogens is 482 g/mol. The summed E-state index contributed by atoms with van der Waals surface area (Å²) < 4.78 is 10.7. The van der Waals surface area contributed by atoms with E-state index in [9.17, 15) is 4.79 Å². The number of anilines is 4. The van der Waals surface area contributed by atoms with Crippen LogP contribution in [0.15, 0.2) is 42.7 Å². The number of carbonyl (C=O) groups is 1. The highest BCUT2D eigenvalue weighted by atomic mass is 16.5. The van der Waals surface area contributed by atoms with E-state index >= 15 is 0 Å². The molecule has 3 heterocycles. The van der Waals surface area contributed by atoms with E-state index in [0.29, 0.717) is 47.4 Å². The predicted octanol–water partition coefficient (Wildman–Crippen LogP) is 4.39. The zero-order valence-corrected chi connectivity index (χ0v) is 22.6. The van der Waals surface area contributed by atoms with Crippen LogP contribution in [0.5, 0.6) is 0 Å². The van der Waals surface area contributed by atoms with Gasteiger partial charge in [0.05, 0.1) is 19.8 Å². The summed E-state index contributed by atoms with van der Waals surface area (Å²) in [7, 11) is 3.94. The van der Waals surface area contributed by atoms with E-state index in [0.717, 1.165) is 24.5 Å². The number of hydrogen-bond donors (Lipinski definition) is 2. The highest BCUT2D eigenvalue weighted by molar-refractivity contribution is 6.10. The van der Waals surface area contributed by atoms with E-state index in [-0.39, 0.29) is 18.2 Å². The quantitative estimate of drug-likeness (QED) is 0.315. The number of morpholine rings is 1. The Bertz CT molecular complexity index is 1290. The highest BCUT2D eigenvalue weighted by Gasteiger charge is 2.24. The molecule has 200 valence electrons. The summed E-state index contributed by atoms with van der Waals surface area (Å²) in [5.74, 6) is 0.395. The molecule has 0 radical (unpaired) electrons. The molecule has 0 saturated carbocycles. The zero-order chi connectivity index (χ0) is 27.2. The van der Waals surface area contributed by atoms with Crippen molar-refractivity contribution in [1.29, 1.82) is 5.41 Å². The maximum absolute atomic E-state index is 12.8. The van der Waals surface area contributed by atoms with Gasteiger partial charge in [0.2, 0.25) is 5.95 Å². The topological polar surface area (TPSA) is 117 Å². The molecule has 0 amide bonds. The molecule has 1 saturated heterocycles. The number of nitrogens with one attached hydrogen (secondary N) is 2. The van der Waals surface area contributed by atoms with Gasteiger partial charge in [0.15, 0.2) is 5.69 Å². The first-order valence-electron chi connectivity index (χ1n) is 12.8. The number of pyridine rings is 1. The van der Waals surface area contributed by atoms with Crippen LogP contribution in [0.4, 0.5) is 23.1 Å². The molecule has 0 spiro atoms. The summed E-state index contributed by atoms with van der Waals surface area (Å²) in [5, 5.41) is 12.4. The maximum Gasteiger partial charge on any atom is 0.357 e. The zero-order valence-electron chi connectivity index (χ0n) is 22.6. The van der Waals surface area contributed by atoms with E-state index in [1.165, 1.54) is 0 Å². The lowest BCUT2D eigenvalue weighted by molar-refractivity contribution is 0.0519. The highest BCUT2D eigenvalue weighted by Crippen LogP contribution is 2.33. The Morgan fingerprint density at radius 3 is 2.53 bits per heavy atom. The van der Waals surface area contributed by atoms with Crippen LogP contribution < -0.4 is 15.1 Å². The third-order valence-electron chi connectivity index (χ3n) is 6.22. The maximum atomic E-state index is 12.8. The largest absolute Gasteiger partial charge is 0.461 e. The van der Waals surface area contributed by atoms with Gasteiger partial charge in [-0.2, -0.15) is 0 Å². The van der Waals surface area contributed by atoms with Gasteiger partial charge in [0, 0.05) is 67.8 Å². The van der Waals surface area contributed by atoms with Gasteiger partial charge >= 0.3 is 5.97 Å². The van der Waals surface area contributed by atoms with Gasteiger partial charge in [-0.15, -0.1) is 0 Å². The molecule has 1 aliphatic heterocycles. The molecule has 2 N–H and O–H groups in total. The van der Waals surface area contributed by atoms with Crippen molar-refractivity contribution in [2.24, 2.45) is 5.92 Å². The van der Waals surface area contributed by atoms with Gasteiger partial charge in [-0.3, -0.25) is 0 Å². The first-order valence-corrected chi connectivity index (χ1v) is 12.8. The molecule has 0 bridgehead atoms. The number of aromatic nitrogens is 3. The minimum Gasteiger partial charge on any atom is -0.461 e. The average Bonchev–Trinajstić information content (AvgIpc) is 2.93. The summed E-state index contributed by atoms with van der Waals surface area (Å²) in [6.45, 7) is 8.63. The number of ether oxygens (including phenoxy) is 2. The van der Waals surface area contributed by atoms with Crippen molar-refractivity contribution in [3.63, 3.8) is 0 Å². The molecule has 1 aliphatic rings. The summed E-state index contributed by atoms with van der Waals surface area (Å²) in [4.78, 5) is 30.8. The van der Waals surface area contributed by atoms with Gasteiger partial charge in [0.1, 0.15) is 5.82 Å². The standard InChI is InChI=1S/C28H35N7O3/c1-6-38-27(36)23-15-22(19-16-30-28(31-17-19)35-10-12-37-13-11-35)24(25(29)18(2)3)26(33-23)32-20-8-7-9-21(14-20)34(4)5/h7-9,14-18,29H,6,10-13H2,1-5H3,(H,32,33). The fraction of sp³-hybridized carbons (Fsp3) is 0.393. The van der Waals surface area contributed by atoms with Crippen molar-refractivity contribution in [3.8, 4) is 11.1 Å². The van der Waals surface area contributed by atoms with Crippen LogP contribution in [0.3, 0.4) is 0 Å². The smallest absolute Gasteiger partial charge is 0.357 e. The Labute approximate surface area is 223 Å². The first kappa shape index (κ1) is 27.0. The van der Waals surface area contributed by atoms with Gasteiger partial charge in [0.25, 0.3) is 0 Å². The molecule has 0 unspecified atom stereocenters. The number of nitrogens with zero attached hydrogens (tertiary/aromatic N) is 5. The van der Waals surface area contributed by atoms with Crippen LogP contribution in [-0.4, -0.2) is 73.6 Å². The molecule has 2 aromatic heterocycles. The average molecular weight is 518 g/mol. The fourth-order valence-corrected chi connectivity index (χ4v) is 4.12. The summed E-state index contributed by atoms with van der Waals surface area (Å²) in [5.41, 5.74) is 4.22.